The molecule has 0 unspecified atom stereocenters. The maximum absolute atomic E-state index is 13.3. The highest BCUT2D eigenvalue weighted by atomic mass is 16.5. The van der Waals surface area contributed by atoms with Gasteiger partial charge in [-0.2, -0.15) is 0 Å². The van der Waals surface area contributed by atoms with Gasteiger partial charge in [-0.15, -0.1) is 0 Å². The summed E-state index contributed by atoms with van der Waals surface area (Å²) in [5.74, 6) is -0.133. The van der Waals surface area contributed by atoms with Crippen LogP contribution < -0.4 is 5.32 Å². The van der Waals surface area contributed by atoms with Crippen molar-refractivity contribution in [1.29, 1.82) is 0 Å². The Morgan fingerprint density at radius 2 is 1.94 bits per heavy atom. The number of hydrogen-bond donors (Lipinski definition) is 1. The Balaban J connectivity index is 1.60. The molecule has 1 N–H and O–H groups in total. The van der Waals surface area contributed by atoms with Gasteiger partial charge in [-0.25, -0.2) is 4.98 Å². The van der Waals surface area contributed by atoms with Crippen molar-refractivity contribution in [1.82, 2.24) is 15.0 Å². The molecule has 2 amide bonds. The monoisotopic (exact) mass is 418 g/mol. The van der Waals surface area contributed by atoms with Gasteiger partial charge in [-0.05, 0) is 56.2 Å². The number of carbonyl (C=O) groups excluding carboxylic acids is 2. The van der Waals surface area contributed by atoms with Crippen LogP contribution >= 0.6 is 0 Å². The molecular weight excluding hydrogens is 396 g/mol. The first-order chi connectivity index (χ1) is 14.8. The van der Waals surface area contributed by atoms with Crippen molar-refractivity contribution < 1.29 is 18.5 Å². The Kier molecular flexibility index (Phi) is 5.29. The number of pyridine rings is 1. The quantitative estimate of drug-likeness (QED) is 0.523. The van der Waals surface area contributed by atoms with Gasteiger partial charge in [-0.1, -0.05) is 17.3 Å². The first-order valence-electron chi connectivity index (χ1n) is 9.77. The maximum Gasteiger partial charge on any atom is 0.259 e. The summed E-state index contributed by atoms with van der Waals surface area (Å²) in [6, 6.07) is 10.8. The second-order valence-electron chi connectivity index (χ2n) is 7.44. The number of rotatable bonds is 5. The summed E-state index contributed by atoms with van der Waals surface area (Å²) in [6.07, 6.45) is 1.53. The number of aryl methyl sites for hydroxylation is 2. The lowest BCUT2D eigenvalue weighted by atomic mass is 10.1. The minimum absolute atomic E-state index is 0.115. The fourth-order valence-corrected chi connectivity index (χ4v) is 3.38. The zero-order valence-corrected chi connectivity index (χ0v) is 17.7. The van der Waals surface area contributed by atoms with E-state index in [1.165, 1.54) is 11.2 Å². The Labute approximate surface area is 178 Å². The van der Waals surface area contributed by atoms with Crippen LogP contribution in [0, 0.1) is 20.8 Å². The van der Waals surface area contributed by atoms with Gasteiger partial charge in [0.25, 0.3) is 11.6 Å². The van der Waals surface area contributed by atoms with E-state index < -0.39 is 0 Å². The third-order valence-electron chi connectivity index (χ3n) is 5.23. The second-order valence-corrected chi connectivity index (χ2v) is 7.44. The number of nitrogens with zero attached hydrogens (tertiary/aromatic N) is 3. The average molecular weight is 418 g/mol. The molecule has 3 aromatic heterocycles. The topological polar surface area (TPSA) is 101 Å². The molecule has 31 heavy (non-hydrogen) atoms. The minimum Gasteiger partial charge on any atom is -0.463 e. The fraction of sp³-hybridized carbons (Fsp3) is 0.217. The second kappa shape index (κ2) is 8.06. The molecule has 0 saturated carbocycles. The van der Waals surface area contributed by atoms with Crippen LogP contribution in [0.15, 0.2) is 51.6 Å². The predicted molar refractivity (Wildman–Crippen MR) is 116 cm³/mol. The zero-order chi connectivity index (χ0) is 22.1. The van der Waals surface area contributed by atoms with Crippen LogP contribution in [0.3, 0.4) is 0 Å². The maximum atomic E-state index is 13.3. The molecule has 0 aliphatic rings. The SMILES string of the molecule is Cc1cccc(NC(=O)CN(C)C(=O)c2cc(-c3ccco3)nc3onc(C)c23)c1C. The molecular formula is C23H22N4O4. The van der Waals surface area contributed by atoms with Crippen LogP contribution in [0.5, 0.6) is 0 Å². The third-order valence-corrected chi connectivity index (χ3v) is 5.23. The molecule has 4 rings (SSSR count). The van der Waals surface area contributed by atoms with Crippen LogP contribution in [0.1, 0.15) is 27.2 Å². The van der Waals surface area contributed by atoms with Gasteiger partial charge >= 0.3 is 0 Å². The summed E-state index contributed by atoms with van der Waals surface area (Å²) in [7, 11) is 1.58. The number of likely N-dealkylation sites (N-methyl/N-ethyl adjacent to an activating group) is 1. The highest BCUT2D eigenvalue weighted by Crippen LogP contribution is 2.28. The summed E-state index contributed by atoms with van der Waals surface area (Å²) in [5, 5.41) is 7.33. The van der Waals surface area contributed by atoms with Crippen LogP contribution in [0.2, 0.25) is 0 Å². The molecule has 0 bridgehead atoms. The smallest absolute Gasteiger partial charge is 0.259 e. The number of aromatic nitrogens is 2. The van der Waals surface area contributed by atoms with E-state index in [2.05, 4.69) is 15.5 Å². The summed E-state index contributed by atoms with van der Waals surface area (Å²) >= 11 is 0. The van der Waals surface area contributed by atoms with Gasteiger partial charge in [0, 0.05) is 12.7 Å². The molecule has 8 nitrogen and oxygen atoms in total. The Hall–Kier alpha value is -3.94. The van der Waals surface area contributed by atoms with E-state index in [4.69, 9.17) is 8.94 Å². The number of fused-ring (bicyclic) bond motifs is 1. The van der Waals surface area contributed by atoms with E-state index in [1.807, 2.05) is 32.0 Å². The molecule has 0 spiro atoms. The Bertz CT molecular complexity index is 1270. The normalized spacial score (nSPS) is 11.0. The van der Waals surface area contributed by atoms with Crippen molar-refractivity contribution in [2.75, 3.05) is 18.9 Å². The number of amides is 2. The molecule has 4 aromatic rings. The lowest BCUT2D eigenvalue weighted by molar-refractivity contribution is -0.116. The summed E-state index contributed by atoms with van der Waals surface area (Å²) < 4.78 is 10.7. The number of hydrogen-bond acceptors (Lipinski definition) is 6. The molecule has 158 valence electrons. The number of anilines is 1. The number of carbonyl (C=O) groups is 2. The van der Waals surface area contributed by atoms with Crippen LogP contribution in [-0.4, -0.2) is 40.4 Å². The fourth-order valence-electron chi connectivity index (χ4n) is 3.38. The largest absolute Gasteiger partial charge is 0.463 e. The van der Waals surface area contributed by atoms with Gasteiger partial charge in [0.05, 0.1) is 29.5 Å². The lowest BCUT2D eigenvalue weighted by Gasteiger charge is -2.18. The van der Waals surface area contributed by atoms with Crippen molar-refractivity contribution in [3.05, 3.63) is 65.0 Å². The third kappa shape index (κ3) is 3.92. The van der Waals surface area contributed by atoms with Crippen LogP contribution in [0.4, 0.5) is 5.69 Å². The van der Waals surface area contributed by atoms with Crippen LogP contribution in [-0.2, 0) is 4.79 Å². The van der Waals surface area contributed by atoms with Crippen molar-refractivity contribution in [2.45, 2.75) is 20.8 Å². The van der Waals surface area contributed by atoms with E-state index >= 15 is 0 Å². The van der Waals surface area contributed by atoms with E-state index in [9.17, 15) is 9.59 Å². The van der Waals surface area contributed by atoms with Crippen molar-refractivity contribution >= 4 is 28.6 Å². The van der Waals surface area contributed by atoms with Gasteiger partial charge in [0.15, 0.2) is 5.76 Å². The average Bonchev–Trinajstić information content (AvgIpc) is 3.40. The summed E-state index contributed by atoms with van der Waals surface area (Å²) in [4.78, 5) is 31.6. The van der Waals surface area contributed by atoms with E-state index in [0.717, 1.165) is 16.8 Å². The van der Waals surface area contributed by atoms with Gasteiger partial charge in [0.1, 0.15) is 5.69 Å². The molecule has 0 saturated heterocycles. The Morgan fingerprint density at radius 1 is 1.13 bits per heavy atom. The Morgan fingerprint density at radius 3 is 2.68 bits per heavy atom. The van der Waals surface area contributed by atoms with Crippen LogP contribution in [0.25, 0.3) is 22.6 Å². The highest BCUT2D eigenvalue weighted by molar-refractivity contribution is 6.08. The number of benzene rings is 1. The zero-order valence-electron chi connectivity index (χ0n) is 17.7. The lowest BCUT2D eigenvalue weighted by Crippen LogP contribution is -2.35. The van der Waals surface area contributed by atoms with E-state index in [1.54, 1.807) is 32.2 Å². The minimum atomic E-state index is -0.345. The van der Waals surface area contributed by atoms with E-state index in [0.29, 0.717) is 28.1 Å². The molecule has 0 radical (unpaired) electrons. The first-order valence-corrected chi connectivity index (χ1v) is 9.77. The van der Waals surface area contributed by atoms with Crippen molar-refractivity contribution in [3.63, 3.8) is 0 Å². The molecule has 3 heterocycles. The van der Waals surface area contributed by atoms with Gasteiger partial charge < -0.3 is 19.2 Å². The molecule has 0 aliphatic heterocycles. The van der Waals surface area contributed by atoms with Gasteiger partial charge in [0.2, 0.25) is 5.91 Å². The summed E-state index contributed by atoms with van der Waals surface area (Å²) in [5.41, 5.74) is 4.38. The van der Waals surface area contributed by atoms with Gasteiger partial charge in [-0.3, -0.25) is 9.59 Å². The molecule has 0 atom stereocenters. The van der Waals surface area contributed by atoms with Crippen molar-refractivity contribution in [2.24, 2.45) is 0 Å². The molecule has 8 heteroatoms. The standard InChI is InChI=1S/C23H22N4O4/c1-13-7-5-8-17(14(13)2)24-20(28)12-27(4)23(29)16-11-18(19-9-6-10-30-19)25-22-21(16)15(3)26-31-22/h5-11H,12H2,1-4H3,(H,24,28). The first kappa shape index (κ1) is 20.3. The number of nitrogens with one attached hydrogen (secondary N) is 1. The molecule has 1 aromatic carbocycles. The summed E-state index contributed by atoms with van der Waals surface area (Å²) in [6.45, 7) is 5.55. The predicted octanol–water partition coefficient (Wildman–Crippen LogP) is 4.12. The highest BCUT2D eigenvalue weighted by Gasteiger charge is 2.23. The number of furan rings is 1. The molecule has 0 fully saturated rings. The van der Waals surface area contributed by atoms with E-state index in [-0.39, 0.29) is 24.1 Å². The molecule has 0 aliphatic carbocycles. The van der Waals surface area contributed by atoms with Crippen molar-refractivity contribution in [3.8, 4) is 11.5 Å².